The predicted octanol–water partition coefficient (Wildman–Crippen LogP) is 2.43. The van der Waals surface area contributed by atoms with Gasteiger partial charge in [0.05, 0.1) is 10.9 Å². The molecule has 0 fully saturated rings. The number of hydrogen-bond donors (Lipinski definition) is 2. The Labute approximate surface area is 142 Å². The lowest BCUT2D eigenvalue weighted by atomic mass is 10.1. The van der Waals surface area contributed by atoms with Crippen LogP contribution in [0.3, 0.4) is 0 Å². The molecule has 0 aliphatic heterocycles. The molecule has 0 heterocycles. The second-order valence-electron chi connectivity index (χ2n) is 5.29. The van der Waals surface area contributed by atoms with Gasteiger partial charge in [-0.05, 0) is 29.8 Å². The van der Waals surface area contributed by atoms with E-state index in [1.165, 1.54) is 12.1 Å². The quantitative estimate of drug-likeness (QED) is 0.750. The maximum atomic E-state index is 12.4. The fourth-order valence-corrected chi connectivity index (χ4v) is 3.30. The molecule has 0 amide bonds. The normalized spacial score (nSPS) is 13.2. The van der Waals surface area contributed by atoms with Crippen LogP contribution >= 0.6 is 11.6 Å². The molecule has 2 rings (SSSR count). The van der Waals surface area contributed by atoms with E-state index >= 15 is 0 Å². The van der Waals surface area contributed by atoms with Crippen LogP contribution in [0.2, 0.25) is 5.02 Å². The van der Waals surface area contributed by atoms with Gasteiger partial charge >= 0.3 is 0 Å². The van der Waals surface area contributed by atoms with Crippen LogP contribution in [-0.4, -0.2) is 34.1 Å². The average molecular weight is 354 g/mol. The summed E-state index contributed by atoms with van der Waals surface area (Å²) in [6.07, 6.45) is 0. The molecule has 0 radical (unpaired) electrons. The average Bonchev–Trinajstić information content (AvgIpc) is 2.52. The van der Waals surface area contributed by atoms with Crippen LogP contribution in [-0.2, 0) is 10.0 Å². The second-order valence-corrected chi connectivity index (χ2v) is 7.50. The van der Waals surface area contributed by atoms with E-state index in [2.05, 4.69) is 10.1 Å². The van der Waals surface area contributed by atoms with Crippen molar-refractivity contribution in [2.75, 3.05) is 20.6 Å². The molecule has 124 valence electrons. The van der Waals surface area contributed by atoms with Gasteiger partial charge in [-0.1, -0.05) is 41.9 Å². The molecule has 0 aromatic heterocycles. The smallest absolute Gasteiger partial charge is 0.240 e. The van der Waals surface area contributed by atoms with Crippen molar-refractivity contribution in [1.82, 2.24) is 15.2 Å². The molecule has 0 saturated heterocycles. The Kier molecular flexibility index (Phi) is 6.15. The van der Waals surface area contributed by atoms with Crippen molar-refractivity contribution >= 4 is 21.6 Å². The van der Waals surface area contributed by atoms with Gasteiger partial charge in [0.2, 0.25) is 10.0 Å². The molecule has 1 atom stereocenters. The number of benzene rings is 2. The Morgan fingerprint density at radius 3 is 2.22 bits per heavy atom. The Morgan fingerprint density at radius 2 is 1.65 bits per heavy atom. The summed E-state index contributed by atoms with van der Waals surface area (Å²) in [5.41, 5.74) is 4.21. The van der Waals surface area contributed by atoms with Gasteiger partial charge in [-0.2, -0.15) is 0 Å². The molecule has 5 nitrogen and oxygen atoms in total. The summed E-state index contributed by atoms with van der Waals surface area (Å²) >= 11 is 5.80. The highest BCUT2D eigenvalue weighted by Crippen LogP contribution is 2.16. The molecule has 2 N–H and O–H groups in total. The molecular weight excluding hydrogens is 334 g/mol. The number of hydrazine groups is 1. The number of hydrogen-bond acceptors (Lipinski definition) is 4. The number of nitrogens with one attached hydrogen (secondary N) is 2. The highest BCUT2D eigenvalue weighted by Gasteiger charge is 2.18. The second kappa shape index (κ2) is 7.90. The minimum atomic E-state index is -3.58. The maximum absolute atomic E-state index is 12.4. The molecule has 2 aromatic rings. The molecule has 7 heteroatoms. The molecule has 0 bridgehead atoms. The minimum Gasteiger partial charge on any atom is -0.250 e. The lowest BCUT2D eigenvalue weighted by Crippen LogP contribution is -2.41. The minimum absolute atomic E-state index is 0.173. The lowest BCUT2D eigenvalue weighted by molar-refractivity contribution is 0.243. The molecular formula is C16H20ClN3O2S. The Balaban J connectivity index is 2.12. The summed E-state index contributed by atoms with van der Waals surface area (Å²) in [6.45, 7) is 0.229. The van der Waals surface area contributed by atoms with E-state index in [-0.39, 0.29) is 17.5 Å². The topological polar surface area (TPSA) is 61.4 Å². The zero-order valence-corrected chi connectivity index (χ0v) is 14.6. The van der Waals surface area contributed by atoms with E-state index in [1.54, 1.807) is 17.1 Å². The summed E-state index contributed by atoms with van der Waals surface area (Å²) < 4.78 is 27.4. The number of sulfonamides is 1. The lowest BCUT2D eigenvalue weighted by Gasteiger charge is -2.23. The van der Waals surface area contributed by atoms with E-state index in [1.807, 2.05) is 44.4 Å². The zero-order valence-electron chi connectivity index (χ0n) is 13.0. The van der Waals surface area contributed by atoms with Crippen LogP contribution in [0.5, 0.6) is 0 Å². The van der Waals surface area contributed by atoms with Crippen LogP contribution < -0.4 is 10.1 Å². The first-order valence-electron chi connectivity index (χ1n) is 7.12. The Morgan fingerprint density at radius 1 is 1.04 bits per heavy atom. The maximum Gasteiger partial charge on any atom is 0.240 e. The van der Waals surface area contributed by atoms with Gasteiger partial charge in [-0.15, -0.1) is 0 Å². The fraction of sp³-hybridized carbons (Fsp3) is 0.250. The first kappa shape index (κ1) is 17.9. The third-order valence-corrected chi connectivity index (χ3v) is 4.91. The van der Waals surface area contributed by atoms with Gasteiger partial charge in [0, 0.05) is 25.7 Å². The van der Waals surface area contributed by atoms with Crippen molar-refractivity contribution in [3.8, 4) is 0 Å². The van der Waals surface area contributed by atoms with Crippen molar-refractivity contribution in [3.63, 3.8) is 0 Å². The van der Waals surface area contributed by atoms with E-state index in [9.17, 15) is 8.42 Å². The molecule has 23 heavy (non-hydrogen) atoms. The summed E-state index contributed by atoms with van der Waals surface area (Å²) in [4.78, 5) is 0.193. The Bertz CT molecular complexity index is 719. The molecule has 0 saturated carbocycles. The zero-order chi connectivity index (χ0) is 16.9. The summed E-state index contributed by atoms with van der Waals surface area (Å²) in [7, 11) is 0.146. The van der Waals surface area contributed by atoms with Crippen molar-refractivity contribution < 1.29 is 8.42 Å². The van der Waals surface area contributed by atoms with Gasteiger partial charge in [-0.25, -0.2) is 23.6 Å². The van der Waals surface area contributed by atoms with Crippen molar-refractivity contribution in [2.45, 2.75) is 10.9 Å². The number of rotatable bonds is 7. The summed E-state index contributed by atoms with van der Waals surface area (Å²) in [5, 5.41) is 2.30. The van der Waals surface area contributed by atoms with Crippen molar-refractivity contribution in [1.29, 1.82) is 0 Å². The fourth-order valence-electron chi connectivity index (χ4n) is 2.13. The van der Waals surface area contributed by atoms with Gasteiger partial charge in [0.1, 0.15) is 0 Å². The number of halogens is 1. The first-order valence-corrected chi connectivity index (χ1v) is 8.98. The summed E-state index contributed by atoms with van der Waals surface area (Å²) in [5.74, 6) is 0. The van der Waals surface area contributed by atoms with Crippen LogP contribution in [0.15, 0.2) is 59.5 Å². The first-order chi connectivity index (χ1) is 10.9. The highest BCUT2D eigenvalue weighted by atomic mass is 35.5. The number of nitrogens with zero attached hydrogens (tertiary/aromatic N) is 1. The molecule has 0 aliphatic rings. The van der Waals surface area contributed by atoms with Crippen molar-refractivity contribution in [3.05, 3.63) is 65.2 Å². The van der Waals surface area contributed by atoms with E-state index in [0.717, 1.165) is 5.56 Å². The molecule has 1 unspecified atom stereocenters. The van der Waals surface area contributed by atoms with E-state index in [4.69, 9.17) is 11.6 Å². The van der Waals surface area contributed by atoms with Crippen LogP contribution in [0.4, 0.5) is 0 Å². The van der Waals surface area contributed by atoms with E-state index in [0.29, 0.717) is 5.02 Å². The highest BCUT2D eigenvalue weighted by molar-refractivity contribution is 7.89. The molecule has 0 spiro atoms. The van der Waals surface area contributed by atoms with Gasteiger partial charge in [0.25, 0.3) is 0 Å². The van der Waals surface area contributed by atoms with Crippen LogP contribution in [0, 0.1) is 0 Å². The monoisotopic (exact) mass is 353 g/mol. The van der Waals surface area contributed by atoms with Gasteiger partial charge < -0.3 is 0 Å². The van der Waals surface area contributed by atoms with Crippen molar-refractivity contribution in [2.24, 2.45) is 0 Å². The molecule has 0 aliphatic carbocycles. The predicted molar refractivity (Wildman–Crippen MR) is 92.6 cm³/mol. The summed E-state index contributed by atoms with van der Waals surface area (Å²) in [6, 6.07) is 15.6. The van der Waals surface area contributed by atoms with Crippen LogP contribution in [0.25, 0.3) is 0 Å². The third kappa shape index (κ3) is 5.30. The largest absolute Gasteiger partial charge is 0.250 e. The van der Waals surface area contributed by atoms with E-state index < -0.39 is 10.0 Å². The SMILES string of the molecule is CN(C)NC(CNS(=O)(=O)c1ccc(Cl)cc1)c1ccccc1. The Hall–Kier alpha value is -1.44. The standard InChI is InChI=1S/C16H20ClN3O2S/c1-20(2)19-16(13-6-4-3-5-7-13)12-18-23(21,22)15-10-8-14(17)9-11-15/h3-11,16,18-19H,12H2,1-2H3. The van der Waals surface area contributed by atoms with Gasteiger partial charge in [-0.3, -0.25) is 0 Å². The molecule has 2 aromatic carbocycles. The van der Waals surface area contributed by atoms with Gasteiger partial charge in [0.15, 0.2) is 0 Å². The third-order valence-electron chi connectivity index (χ3n) is 3.22. The van der Waals surface area contributed by atoms with Crippen LogP contribution in [0.1, 0.15) is 11.6 Å².